The second-order valence-corrected chi connectivity index (χ2v) is 6.51. The van der Waals surface area contributed by atoms with Crippen LogP contribution in [0.3, 0.4) is 0 Å². The van der Waals surface area contributed by atoms with E-state index in [1.807, 2.05) is 57.1 Å². The Bertz CT molecular complexity index is 734. The molecule has 1 heterocycles. The summed E-state index contributed by atoms with van der Waals surface area (Å²) in [4.78, 5) is 14.2. The predicted octanol–water partition coefficient (Wildman–Crippen LogP) is 2.70. The minimum Gasteiger partial charge on any atom is -0.497 e. The van der Waals surface area contributed by atoms with Crippen molar-refractivity contribution in [2.24, 2.45) is 0 Å². The molecule has 1 aromatic carbocycles. The maximum absolute atomic E-state index is 12.2. The molecule has 0 aliphatic heterocycles. The second kappa shape index (κ2) is 9.72. The Morgan fingerprint density at radius 2 is 1.96 bits per heavy atom. The smallest absolute Gasteiger partial charge is 0.320 e. The van der Waals surface area contributed by atoms with Crippen LogP contribution < -0.4 is 20.1 Å². The van der Waals surface area contributed by atoms with Crippen LogP contribution in [0.2, 0.25) is 0 Å². The van der Waals surface area contributed by atoms with E-state index in [0.717, 1.165) is 11.3 Å². The molecule has 146 valence electrons. The van der Waals surface area contributed by atoms with Crippen molar-refractivity contribution in [3.05, 3.63) is 42.0 Å². The molecule has 0 saturated heterocycles. The number of carbonyl (C=O) groups is 1. The van der Waals surface area contributed by atoms with Crippen molar-refractivity contribution >= 4 is 11.8 Å². The number of aromatic nitrogens is 2. The van der Waals surface area contributed by atoms with Gasteiger partial charge in [0.1, 0.15) is 5.75 Å². The molecule has 0 aliphatic rings. The number of hydrogen-bond acceptors (Lipinski definition) is 6. The lowest BCUT2D eigenvalue weighted by molar-refractivity contribution is 0.230. The van der Waals surface area contributed by atoms with E-state index in [1.165, 1.54) is 0 Å². The first kappa shape index (κ1) is 20.4. The first-order chi connectivity index (χ1) is 12.9. The summed E-state index contributed by atoms with van der Waals surface area (Å²) in [6, 6.07) is 10.8. The van der Waals surface area contributed by atoms with Crippen LogP contribution in [-0.2, 0) is 0 Å². The molecule has 2 rings (SSSR count). The average Bonchev–Trinajstić information content (AvgIpc) is 2.63. The van der Waals surface area contributed by atoms with Crippen molar-refractivity contribution in [1.82, 2.24) is 20.4 Å². The van der Waals surface area contributed by atoms with Crippen molar-refractivity contribution in [3.63, 3.8) is 0 Å². The Kier molecular flexibility index (Phi) is 7.36. The monoisotopic (exact) mass is 373 g/mol. The van der Waals surface area contributed by atoms with Crippen LogP contribution in [-0.4, -0.2) is 55.0 Å². The molecule has 0 saturated carbocycles. The fraction of sp³-hybridized carbons (Fsp3) is 0.421. The zero-order valence-electron chi connectivity index (χ0n) is 16.4. The first-order valence-electron chi connectivity index (χ1n) is 8.74. The molecule has 0 aliphatic carbocycles. The Morgan fingerprint density at radius 3 is 2.56 bits per heavy atom. The second-order valence-electron chi connectivity index (χ2n) is 6.51. The molecule has 0 unspecified atom stereocenters. The van der Waals surface area contributed by atoms with Gasteiger partial charge in [0.2, 0.25) is 5.88 Å². The molecule has 8 heteroatoms. The molecule has 0 fully saturated rings. The standard InChI is InChI=1S/C19H27N5O3/c1-13(2)27-18-10-9-17(22-23-18)21-19(25)20-12-16(24(3)4)14-7-6-8-15(11-14)26-5/h6-11,13,16H,12H2,1-5H3,(H2,20,21,22,25)/t16-/m0/s1. The van der Waals surface area contributed by atoms with Crippen molar-refractivity contribution < 1.29 is 14.3 Å². The number of anilines is 1. The van der Waals surface area contributed by atoms with Crippen LogP contribution in [0.1, 0.15) is 25.5 Å². The van der Waals surface area contributed by atoms with Gasteiger partial charge in [0.15, 0.2) is 5.82 Å². The summed E-state index contributed by atoms with van der Waals surface area (Å²) >= 11 is 0. The molecule has 2 amide bonds. The number of nitrogens with zero attached hydrogens (tertiary/aromatic N) is 3. The molecule has 1 aromatic heterocycles. The number of ether oxygens (including phenoxy) is 2. The summed E-state index contributed by atoms with van der Waals surface area (Å²) < 4.78 is 10.7. The number of amides is 2. The Morgan fingerprint density at radius 1 is 1.19 bits per heavy atom. The Labute approximate surface area is 159 Å². The van der Waals surface area contributed by atoms with Crippen molar-refractivity contribution in [1.29, 1.82) is 0 Å². The lowest BCUT2D eigenvalue weighted by Gasteiger charge is -2.25. The number of rotatable bonds is 8. The SMILES string of the molecule is COc1cccc([C@H](CNC(=O)Nc2ccc(OC(C)C)nn2)N(C)C)c1. The van der Waals surface area contributed by atoms with Gasteiger partial charge in [0, 0.05) is 12.6 Å². The van der Waals surface area contributed by atoms with E-state index in [0.29, 0.717) is 18.2 Å². The fourth-order valence-electron chi connectivity index (χ4n) is 2.49. The van der Waals surface area contributed by atoms with E-state index >= 15 is 0 Å². The Balaban J connectivity index is 1.93. The van der Waals surface area contributed by atoms with Gasteiger partial charge in [-0.1, -0.05) is 12.1 Å². The van der Waals surface area contributed by atoms with Gasteiger partial charge in [-0.2, -0.15) is 0 Å². The summed E-state index contributed by atoms with van der Waals surface area (Å²) in [5.74, 6) is 1.55. The first-order valence-corrected chi connectivity index (χ1v) is 8.74. The summed E-state index contributed by atoms with van der Waals surface area (Å²) in [5, 5.41) is 13.4. The number of urea groups is 1. The van der Waals surface area contributed by atoms with Crippen molar-refractivity contribution in [2.75, 3.05) is 33.1 Å². The maximum Gasteiger partial charge on any atom is 0.320 e. The van der Waals surface area contributed by atoms with Gasteiger partial charge in [0.25, 0.3) is 0 Å². The van der Waals surface area contributed by atoms with E-state index in [4.69, 9.17) is 9.47 Å². The molecule has 2 N–H and O–H groups in total. The van der Waals surface area contributed by atoms with Crippen LogP contribution >= 0.6 is 0 Å². The van der Waals surface area contributed by atoms with E-state index in [9.17, 15) is 4.79 Å². The average molecular weight is 373 g/mol. The number of nitrogens with one attached hydrogen (secondary N) is 2. The third-order valence-electron chi connectivity index (χ3n) is 3.80. The number of hydrogen-bond donors (Lipinski definition) is 2. The quantitative estimate of drug-likeness (QED) is 0.740. The predicted molar refractivity (Wildman–Crippen MR) is 104 cm³/mol. The number of likely N-dealkylation sites (N-methyl/N-ethyl adjacent to an activating group) is 1. The van der Waals surface area contributed by atoms with Gasteiger partial charge in [0.05, 0.1) is 19.3 Å². The highest BCUT2D eigenvalue weighted by Crippen LogP contribution is 2.22. The summed E-state index contributed by atoms with van der Waals surface area (Å²) in [5.41, 5.74) is 1.05. The fourth-order valence-corrected chi connectivity index (χ4v) is 2.49. The van der Waals surface area contributed by atoms with Crippen LogP contribution in [0, 0.1) is 0 Å². The van der Waals surface area contributed by atoms with Gasteiger partial charge < -0.3 is 19.7 Å². The number of methoxy groups -OCH3 is 1. The molecule has 8 nitrogen and oxygen atoms in total. The highest BCUT2D eigenvalue weighted by atomic mass is 16.5. The topological polar surface area (TPSA) is 88.6 Å². The lowest BCUT2D eigenvalue weighted by atomic mass is 10.1. The van der Waals surface area contributed by atoms with Crippen molar-refractivity contribution in [3.8, 4) is 11.6 Å². The van der Waals surface area contributed by atoms with Crippen LogP contribution in [0.4, 0.5) is 10.6 Å². The number of benzene rings is 1. The van der Waals surface area contributed by atoms with Gasteiger partial charge in [-0.25, -0.2) is 4.79 Å². The minimum atomic E-state index is -0.350. The van der Waals surface area contributed by atoms with Crippen LogP contribution in [0.5, 0.6) is 11.6 Å². The molecule has 0 spiro atoms. The normalized spacial score (nSPS) is 12.0. The highest BCUT2D eigenvalue weighted by Gasteiger charge is 2.16. The summed E-state index contributed by atoms with van der Waals surface area (Å²) in [6.45, 7) is 4.24. The van der Waals surface area contributed by atoms with Crippen molar-refractivity contribution in [2.45, 2.75) is 26.0 Å². The maximum atomic E-state index is 12.2. The number of carbonyl (C=O) groups excluding carboxylic acids is 1. The van der Waals surface area contributed by atoms with Crippen LogP contribution in [0.15, 0.2) is 36.4 Å². The molecule has 0 radical (unpaired) electrons. The molecule has 1 atom stereocenters. The Hall–Kier alpha value is -2.87. The molecule has 27 heavy (non-hydrogen) atoms. The van der Waals surface area contributed by atoms with Gasteiger partial charge in [-0.3, -0.25) is 5.32 Å². The molecule has 0 bridgehead atoms. The largest absolute Gasteiger partial charge is 0.497 e. The molecular formula is C19H27N5O3. The zero-order valence-corrected chi connectivity index (χ0v) is 16.4. The summed E-state index contributed by atoms with van der Waals surface area (Å²) in [7, 11) is 5.55. The third kappa shape index (κ3) is 6.41. The van der Waals surface area contributed by atoms with E-state index < -0.39 is 0 Å². The van der Waals surface area contributed by atoms with Crippen LogP contribution in [0.25, 0.3) is 0 Å². The van der Waals surface area contributed by atoms with E-state index in [2.05, 4.69) is 20.8 Å². The van der Waals surface area contributed by atoms with E-state index in [-0.39, 0.29) is 18.2 Å². The minimum absolute atomic E-state index is 0.00116. The summed E-state index contributed by atoms with van der Waals surface area (Å²) in [6.07, 6.45) is 0.0148. The zero-order chi connectivity index (χ0) is 19.8. The lowest BCUT2D eigenvalue weighted by Crippen LogP contribution is -2.37. The van der Waals surface area contributed by atoms with Gasteiger partial charge in [-0.05, 0) is 51.7 Å². The third-order valence-corrected chi connectivity index (χ3v) is 3.80. The van der Waals surface area contributed by atoms with Gasteiger partial charge in [-0.15, -0.1) is 10.2 Å². The van der Waals surface area contributed by atoms with E-state index in [1.54, 1.807) is 19.2 Å². The molecule has 2 aromatic rings. The highest BCUT2D eigenvalue weighted by molar-refractivity contribution is 5.88. The van der Waals surface area contributed by atoms with Gasteiger partial charge >= 0.3 is 6.03 Å². The molecular weight excluding hydrogens is 346 g/mol.